The average molecular weight is 381 g/mol. The molecule has 2 aromatic heterocycles. The van der Waals surface area contributed by atoms with Crippen LogP contribution in [0.4, 0.5) is 5.82 Å². The summed E-state index contributed by atoms with van der Waals surface area (Å²) in [6, 6.07) is 6.01. The zero-order chi connectivity index (χ0) is 18.0. The van der Waals surface area contributed by atoms with Crippen molar-refractivity contribution in [3.8, 4) is 0 Å². The van der Waals surface area contributed by atoms with Crippen molar-refractivity contribution in [2.45, 2.75) is 0 Å². The molecule has 0 atom stereocenters. The molecule has 7 nitrogen and oxygen atoms in total. The van der Waals surface area contributed by atoms with Gasteiger partial charge in [-0.2, -0.15) is 0 Å². The normalized spacial score (nSPS) is 14.5. The number of amides is 1. The molecule has 1 amide bonds. The quantitative estimate of drug-likeness (QED) is 0.879. The van der Waals surface area contributed by atoms with Gasteiger partial charge in [0.05, 0.1) is 10.0 Å². The summed E-state index contributed by atoms with van der Waals surface area (Å²) in [5.74, 6) is -0.829. The second-order valence-corrected chi connectivity index (χ2v) is 6.30. The molecule has 3 rings (SSSR count). The number of anilines is 1. The molecule has 1 aliphatic rings. The maximum Gasteiger partial charge on any atom is 0.354 e. The Hall–Kier alpha value is -2.38. The highest BCUT2D eigenvalue weighted by Crippen LogP contribution is 2.26. The molecule has 0 saturated carbocycles. The lowest BCUT2D eigenvalue weighted by molar-refractivity contribution is 0.0689. The fourth-order valence-electron chi connectivity index (χ4n) is 2.60. The van der Waals surface area contributed by atoms with E-state index in [0.29, 0.717) is 42.0 Å². The van der Waals surface area contributed by atoms with E-state index in [1.165, 1.54) is 24.4 Å². The Morgan fingerprint density at radius 2 is 1.76 bits per heavy atom. The maximum absolute atomic E-state index is 12.5. The van der Waals surface area contributed by atoms with Gasteiger partial charge in [-0.15, -0.1) is 0 Å². The summed E-state index contributed by atoms with van der Waals surface area (Å²) >= 11 is 12.0. The fraction of sp³-hybridized carbons (Fsp3) is 0.250. The van der Waals surface area contributed by atoms with Crippen LogP contribution in [-0.4, -0.2) is 58.0 Å². The van der Waals surface area contributed by atoms with Crippen LogP contribution in [0.3, 0.4) is 0 Å². The van der Waals surface area contributed by atoms with Crippen LogP contribution in [0.25, 0.3) is 0 Å². The highest BCUT2D eigenvalue weighted by atomic mass is 35.5. The van der Waals surface area contributed by atoms with Gasteiger partial charge in [0, 0.05) is 32.4 Å². The first-order valence-electron chi connectivity index (χ1n) is 7.51. The number of pyridine rings is 2. The number of carboxylic acids is 1. The number of rotatable bonds is 3. The largest absolute Gasteiger partial charge is 0.477 e. The predicted octanol–water partition coefficient (Wildman–Crippen LogP) is 2.44. The molecule has 0 bridgehead atoms. The smallest absolute Gasteiger partial charge is 0.354 e. The van der Waals surface area contributed by atoms with E-state index in [1.807, 2.05) is 4.90 Å². The SMILES string of the molecule is O=C(O)c1cccc(C(=O)N2CCN(c3ncc(Cl)cc3Cl)CC2)n1. The third kappa shape index (κ3) is 3.83. The van der Waals surface area contributed by atoms with Crippen molar-refractivity contribution in [2.75, 3.05) is 31.1 Å². The van der Waals surface area contributed by atoms with Crippen LogP contribution in [-0.2, 0) is 0 Å². The van der Waals surface area contributed by atoms with E-state index in [1.54, 1.807) is 11.0 Å². The third-order valence-corrected chi connectivity index (χ3v) is 4.33. The maximum atomic E-state index is 12.5. The summed E-state index contributed by atoms with van der Waals surface area (Å²) in [6.45, 7) is 2.02. The van der Waals surface area contributed by atoms with Gasteiger partial charge in [-0.3, -0.25) is 4.79 Å². The summed E-state index contributed by atoms with van der Waals surface area (Å²) < 4.78 is 0. The number of nitrogens with zero attached hydrogens (tertiary/aromatic N) is 4. The number of hydrogen-bond donors (Lipinski definition) is 1. The zero-order valence-corrected chi connectivity index (χ0v) is 14.5. The molecular weight excluding hydrogens is 367 g/mol. The molecule has 9 heteroatoms. The number of carboxylic acid groups (broad SMARTS) is 1. The van der Waals surface area contributed by atoms with Crippen LogP contribution in [0.5, 0.6) is 0 Å². The summed E-state index contributed by atoms with van der Waals surface area (Å²) in [7, 11) is 0. The number of halogens is 2. The van der Waals surface area contributed by atoms with Gasteiger partial charge in [0.25, 0.3) is 5.91 Å². The van der Waals surface area contributed by atoms with Crippen molar-refractivity contribution in [3.63, 3.8) is 0 Å². The fourth-order valence-corrected chi connectivity index (χ4v) is 3.10. The Kier molecular flexibility index (Phi) is 5.06. The Balaban J connectivity index is 1.68. The molecule has 0 aliphatic carbocycles. The molecule has 1 saturated heterocycles. The first-order chi connectivity index (χ1) is 12.0. The van der Waals surface area contributed by atoms with Gasteiger partial charge in [-0.25, -0.2) is 14.8 Å². The van der Waals surface area contributed by atoms with E-state index in [4.69, 9.17) is 28.3 Å². The number of carbonyl (C=O) groups excluding carboxylic acids is 1. The molecule has 2 aromatic rings. The van der Waals surface area contributed by atoms with Crippen LogP contribution in [0.1, 0.15) is 21.0 Å². The van der Waals surface area contributed by atoms with E-state index < -0.39 is 5.97 Å². The first kappa shape index (κ1) is 17.4. The molecule has 1 N–H and O–H groups in total. The zero-order valence-electron chi connectivity index (χ0n) is 13.0. The van der Waals surface area contributed by atoms with Gasteiger partial charge in [-0.1, -0.05) is 29.3 Å². The topological polar surface area (TPSA) is 86.6 Å². The Labute approximate surface area is 153 Å². The molecule has 1 aliphatic heterocycles. The second kappa shape index (κ2) is 7.25. The average Bonchev–Trinajstić information content (AvgIpc) is 2.61. The number of aromatic carboxylic acids is 1. The number of aromatic nitrogens is 2. The standard InChI is InChI=1S/C16H14Cl2N4O3/c17-10-8-11(18)14(19-9-10)21-4-6-22(7-5-21)15(23)12-2-1-3-13(20-12)16(24)25/h1-3,8-9H,4-7H2,(H,24,25). The van der Waals surface area contributed by atoms with Gasteiger partial charge in [0.2, 0.25) is 0 Å². The van der Waals surface area contributed by atoms with Crippen molar-refractivity contribution < 1.29 is 14.7 Å². The Morgan fingerprint density at radius 1 is 1.08 bits per heavy atom. The van der Waals surface area contributed by atoms with Crippen molar-refractivity contribution in [1.82, 2.24) is 14.9 Å². The summed E-state index contributed by atoms with van der Waals surface area (Å²) in [5, 5.41) is 9.91. The van der Waals surface area contributed by atoms with Gasteiger partial charge < -0.3 is 14.9 Å². The minimum absolute atomic E-state index is 0.121. The van der Waals surface area contributed by atoms with Gasteiger partial charge in [-0.05, 0) is 18.2 Å². The highest BCUT2D eigenvalue weighted by molar-refractivity contribution is 6.36. The second-order valence-electron chi connectivity index (χ2n) is 5.45. The van der Waals surface area contributed by atoms with Gasteiger partial charge in [0.1, 0.15) is 17.2 Å². The van der Waals surface area contributed by atoms with Gasteiger partial charge >= 0.3 is 5.97 Å². The molecule has 3 heterocycles. The van der Waals surface area contributed by atoms with E-state index in [9.17, 15) is 9.59 Å². The monoisotopic (exact) mass is 380 g/mol. The van der Waals surface area contributed by atoms with Crippen LogP contribution in [0.2, 0.25) is 10.0 Å². The van der Waals surface area contributed by atoms with Crippen molar-refractivity contribution in [2.24, 2.45) is 0 Å². The Morgan fingerprint density at radius 3 is 2.40 bits per heavy atom. The van der Waals surface area contributed by atoms with Crippen molar-refractivity contribution in [1.29, 1.82) is 0 Å². The summed E-state index contributed by atoms with van der Waals surface area (Å²) in [4.78, 5) is 35.3. The van der Waals surface area contributed by atoms with Gasteiger partial charge in [0.15, 0.2) is 0 Å². The predicted molar refractivity (Wildman–Crippen MR) is 93.6 cm³/mol. The lowest BCUT2D eigenvalue weighted by Gasteiger charge is -2.35. The number of piperazine rings is 1. The van der Waals surface area contributed by atoms with E-state index in [2.05, 4.69) is 9.97 Å². The van der Waals surface area contributed by atoms with E-state index >= 15 is 0 Å². The first-order valence-corrected chi connectivity index (χ1v) is 8.27. The summed E-state index contributed by atoms with van der Waals surface area (Å²) in [5.41, 5.74) is -0.0300. The molecular formula is C16H14Cl2N4O3. The molecule has 0 unspecified atom stereocenters. The van der Waals surface area contributed by atoms with E-state index in [0.717, 1.165) is 0 Å². The van der Waals surface area contributed by atoms with Crippen LogP contribution >= 0.6 is 23.2 Å². The lowest BCUT2D eigenvalue weighted by atomic mass is 10.2. The third-order valence-electron chi connectivity index (χ3n) is 3.84. The minimum atomic E-state index is -1.16. The summed E-state index contributed by atoms with van der Waals surface area (Å²) in [6.07, 6.45) is 1.53. The molecule has 0 aromatic carbocycles. The highest BCUT2D eigenvalue weighted by Gasteiger charge is 2.25. The van der Waals surface area contributed by atoms with E-state index in [-0.39, 0.29) is 17.3 Å². The van der Waals surface area contributed by atoms with Crippen molar-refractivity contribution >= 4 is 40.9 Å². The number of hydrogen-bond acceptors (Lipinski definition) is 5. The lowest BCUT2D eigenvalue weighted by Crippen LogP contribution is -2.49. The van der Waals surface area contributed by atoms with Crippen LogP contribution in [0.15, 0.2) is 30.5 Å². The van der Waals surface area contributed by atoms with Crippen LogP contribution < -0.4 is 4.90 Å². The molecule has 0 radical (unpaired) electrons. The van der Waals surface area contributed by atoms with Crippen LogP contribution in [0, 0.1) is 0 Å². The molecule has 25 heavy (non-hydrogen) atoms. The Bertz CT molecular complexity index is 823. The molecule has 1 fully saturated rings. The molecule has 130 valence electrons. The minimum Gasteiger partial charge on any atom is -0.477 e. The number of carbonyl (C=O) groups is 2. The van der Waals surface area contributed by atoms with Crippen molar-refractivity contribution in [3.05, 3.63) is 51.9 Å². The molecule has 0 spiro atoms.